The van der Waals surface area contributed by atoms with Gasteiger partial charge in [0.05, 0.1) is 19.8 Å². The molecule has 1 amide bonds. The Labute approximate surface area is 188 Å². The second-order valence-corrected chi connectivity index (χ2v) is 7.94. The summed E-state index contributed by atoms with van der Waals surface area (Å²) in [5.41, 5.74) is 3.52. The Morgan fingerprint density at radius 3 is 2.71 bits per heavy atom. The fourth-order valence-electron chi connectivity index (χ4n) is 3.79. The average molecular weight is 480 g/mol. The van der Waals surface area contributed by atoms with Crippen LogP contribution in [0.2, 0.25) is 0 Å². The first-order valence-corrected chi connectivity index (χ1v) is 10.6. The first-order chi connectivity index (χ1) is 15.1. The zero-order chi connectivity index (χ0) is 21.8. The Hall–Kier alpha value is -3.32. The molecule has 0 bridgehead atoms. The van der Waals surface area contributed by atoms with Gasteiger partial charge >= 0.3 is 0 Å². The number of nitrogens with zero attached hydrogens (tertiary/aromatic N) is 1. The number of hydrogen-bond acceptors (Lipinski definition) is 4. The number of H-pyrrole nitrogens is 1. The zero-order valence-corrected chi connectivity index (χ0v) is 18.8. The first-order valence-electron chi connectivity index (χ1n) is 9.78. The van der Waals surface area contributed by atoms with E-state index in [4.69, 9.17) is 9.47 Å². The van der Waals surface area contributed by atoms with Crippen molar-refractivity contribution in [2.75, 3.05) is 20.8 Å². The highest BCUT2D eigenvalue weighted by Crippen LogP contribution is 2.40. The van der Waals surface area contributed by atoms with Crippen molar-refractivity contribution in [1.82, 2.24) is 15.3 Å². The Bertz CT molecular complexity index is 1220. The largest absolute Gasteiger partial charge is 0.493 e. The van der Waals surface area contributed by atoms with Gasteiger partial charge in [0.15, 0.2) is 11.5 Å². The van der Waals surface area contributed by atoms with Crippen molar-refractivity contribution < 1.29 is 14.3 Å². The Balaban J connectivity index is 1.74. The van der Waals surface area contributed by atoms with Crippen molar-refractivity contribution in [3.05, 3.63) is 88.3 Å². The van der Waals surface area contributed by atoms with E-state index in [1.54, 1.807) is 32.7 Å². The van der Waals surface area contributed by atoms with Crippen LogP contribution < -0.4 is 14.8 Å². The van der Waals surface area contributed by atoms with Gasteiger partial charge in [-0.25, -0.2) is 0 Å². The van der Waals surface area contributed by atoms with Crippen molar-refractivity contribution in [3.63, 3.8) is 0 Å². The summed E-state index contributed by atoms with van der Waals surface area (Å²) in [5.74, 6) is 0.941. The lowest BCUT2D eigenvalue weighted by Gasteiger charge is -2.22. The maximum Gasteiger partial charge on any atom is 0.252 e. The molecule has 0 radical (unpaired) electrons. The number of methoxy groups -OCH3 is 2. The second kappa shape index (κ2) is 9.22. The molecule has 0 aliphatic rings. The molecule has 2 aromatic heterocycles. The smallest absolute Gasteiger partial charge is 0.252 e. The van der Waals surface area contributed by atoms with Crippen LogP contribution in [-0.4, -0.2) is 36.6 Å². The van der Waals surface area contributed by atoms with E-state index in [1.807, 2.05) is 42.6 Å². The molecule has 1 atom stereocenters. The van der Waals surface area contributed by atoms with Crippen LogP contribution in [0.15, 0.2) is 71.6 Å². The van der Waals surface area contributed by atoms with E-state index in [2.05, 4.69) is 37.3 Å². The van der Waals surface area contributed by atoms with Crippen LogP contribution in [-0.2, 0) is 0 Å². The van der Waals surface area contributed by atoms with E-state index in [1.165, 1.54) is 0 Å². The van der Waals surface area contributed by atoms with Gasteiger partial charge in [-0.05, 0) is 39.7 Å². The van der Waals surface area contributed by atoms with Gasteiger partial charge in [-0.15, -0.1) is 0 Å². The molecule has 0 saturated heterocycles. The number of pyridine rings is 1. The predicted molar refractivity (Wildman–Crippen MR) is 124 cm³/mol. The molecule has 31 heavy (non-hydrogen) atoms. The van der Waals surface area contributed by atoms with Crippen molar-refractivity contribution >= 4 is 32.7 Å². The molecule has 158 valence electrons. The number of hydrogen-bond donors (Lipinski definition) is 2. The minimum absolute atomic E-state index is 0.162. The summed E-state index contributed by atoms with van der Waals surface area (Å²) in [6, 6.07) is 15.6. The topological polar surface area (TPSA) is 76.2 Å². The molecule has 4 rings (SSSR count). The summed E-state index contributed by atoms with van der Waals surface area (Å²) in [7, 11) is 3.24. The average Bonchev–Trinajstić information content (AvgIpc) is 3.23. The monoisotopic (exact) mass is 479 g/mol. The number of halogens is 1. The number of carbonyl (C=O) groups is 1. The number of nitrogens with one attached hydrogen (secondary N) is 2. The maximum atomic E-state index is 12.8. The standard InChI is InChI=1S/C24H22BrN3O3/c1-30-22-9-5-7-18(23(22)31-2)20(19-13-27-21-8-4-3-6-17(19)21)14-28-24(29)15-10-16(25)12-26-11-15/h3-13,20,27H,14H2,1-2H3,(H,28,29). The van der Waals surface area contributed by atoms with E-state index in [0.29, 0.717) is 23.6 Å². The van der Waals surface area contributed by atoms with Gasteiger partial charge in [0, 0.05) is 52.0 Å². The van der Waals surface area contributed by atoms with Crippen LogP contribution >= 0.6 is 15.9 Å². The van der Waals surface area contributed by atoms with Crippen molar-refractivity contribution in [2.24, 2.45) is 0 Å². The highest BCUT2D eigenvalue weighted by atomic mass is 79.9. The third-order valence-corrected chi connectivity index (χ3v) is 5.67. The number of fused-ring (bicyclic) bond motifs is 1. The molecule has 2 heterocycles. The number of aromatic nitrogens is 2. The zero-order valence-electron chi connectivity index (χ0n) is 17.2. The molecule has 0 fully saturated rings. The minimum atomic E-state index is -0.194. The van der Waals surface area contributed by atoms with Gasteiger partial charge < -0.3 is 19.8 Å². The van der Waals surface area contributed by atoms with Crippen LogP contribution in [0.25, 0.3) is 10.9 Å². The van der Waals surface area contributed by atoms with E-state index in [9.17, 15) is 4.79 Å². The van der Waals surface area contributed by atoms with Gasteiger partial charge in [0.1, 0.15) is 0 Å². The van der Waals surface area contributed by atoms with Gasteiger partial charge in [0.2, 0.25) is 0 Å². The lowest BCUT2D eigenvalue weighted by Crippen LogP contribution is -2.29. The molecule has 0 aliphatic carbocycles. The van der Waals surface area contributed by atoms with E-state index in [-0.39, 0.29) is 11.8 Å². The minimum Gasteiger partial charge on any atom is -0.493 e. The summed E-state index contributed by atoms with van der Waals surface area (Å²) < 4.78 is 12.0. The van der Waals surface area contributed by atoms with Crippen molar-refractivity contribution in [1.29, 1.82) is 0 Å². The Morgan fingerprint density at radius 2 is 1.94 bits per heavy atom. The molecule has 6 nitrogen and oxygen atoms in total. The SMILES string of the molecule is COc1cccc(C(CNC(=O)c2cncc(Br)c2)c2c[nH]c3ccccc23)c1OC. The number of aromatic amines is 1. The van der Waals surface area contributed by atoms with E-state index in [0.717, 1.165) is 26.5 Å². The molecule has 0 saturated carbocycles. The molecular weight excluding hydrogens is 458 g/mol. The highest BCUT2D eigenvalue weighted by molar-refractivity contribution is 9.10. The molecule has 2 aromatic carbocycles. The number of benzene rings is 2. The summed E-state index contributed by atoms with van der Waals surface area (Å²) >= 11 is 3.36. The molecule has 0 aliphatic heterocycles. The Morgan fingerprint density at radius 1 is 1.10 bits per heavy atom. The number of para-hydroxylation sites is 2. The van der Waals surface area contributed by atoms with Crippen LogP contribution in [0.3, 0.4) is 0 Å². The van der Waals surface area contributed by atoms with E-state index >= 15 is 0 Å². The van der Waals surface area contributed by atoms with Gasteiger partial charge in [0.25, 0.3) is 5.91 Å². The lowest BCUT2D eigenvalue weighted by atomic mass is 9.89. The third kappa shape index (κ3) is 4.27. The van der Waals surface area contributed by atoms with Crippen LogP contribution in [0.1, 0.15) is 27.4 Å². The van der Waals surface area contributed by atoms with Crippen LogP contribution in [0, 0.1) is 0 Å². The normalized spacial score (nSPS) is 11.8. The molecule has 4 aromatic rings. The van der Waals surface area contributed by atoms with Gasteiger partial charge in [-0.2, -0.15) is 0 Å². The molecule has 0 spiro atoms. The summed E-state index contributed by atoms with van der Waals surface area (Å²) in [4.78, 5) is 20.2. The first kappa shape index (κ1) is 20.9. The predicted octanol–water partition coefficient (Wildman–Crippen LogP) is 4.90. The highest BCUT2D eigenvalue weighted by Gasteiger charge is 2.24. The molecular formula is C24H22BrN3O3. The quantitative estimate of drug-likeness (QED) is 0.395. The van der Waals surface area contributed by atoms with E-state index < -0.39 is 0 Å². The van der Waals surface area contributed by atoms with Crippen LogP contribution in [0.4, 0.5) is 0 Å². The molecule has 1 unspecified atom stereocenters. The van der Waals surface area contributed by atoms with Gasteiger partial charge in [-0.1, -0.05) is 30.3 Å². The molecule has 2 N–H and O–H groups in total. The molecule has 7 heteroatoms. The summed E-state index contributed by atoms with van der Waals surface area (Å²) in [6.45, 7) is 0.372. The second-order valence-electron chi connectivity index (χ2n) is 7.03. The summed E-state index contributed by atoms with van der Waals surface area (Å²) in [6.07, 6.45) is 5.18. The number of rotatable bonds is 7. The number of carbonyl (C=O) groups excluding carboxylic acids is 1. The third-order valence-electron chi connectivity index (χ3n) is 5.24. The Kier molecular flexibility index (Phi) is 6.23. The fourth-order valence-corrected chi connectivity index (χ4v) is 4.15. The number of amides is 1. The number of ether oxygens (including phenoxy) is 2. The van der Waals surface area contributed by atoms with Crippen molar-refractivity contribution in [3.8, 4) is 11.5 Å². The lowest BCUT2D eigenvalue weighted by molar-refractivity contribution is 0.0952. The summed E-state index contributed by atoms with van der Waals surface area (Å²) in [5, 5.41) is 4.15. The van der Waals surface area contributed by atoms with Gasteiger partial charge in [-0.3, -0.25) is 9.78 Å². The fraction of sp³-hybridized carbons (Fsp3) is 0.167. The maximum absolute atomic E-state index is 12.8. The van der Waals surface area contributed by atoms with Crippen molar-refractivity contribution in [2.45, 2.75) is 5.92 Å². The van der Waals surface area contributed by atoms with Crippen LogP contribution in [0.5, 0.6) is 11.5 Å².